The minimum atomic E-state index is -0.579. The van der Waals surface area contributed by atoms with Crippen LogP contribution in [0, 0.1) is 5.92 Å². The minimum Gasteiger partial charge on any atom is -0.462 e. The summed E-state index contributed by atoms with van der Waals surface area (Å²) < 4.78 is 4.84. The Morgan fingerprint density at radius 1 is 1.50 bits per heavy atom. The van der Waals surface area contributed by atoms with E-state index >= 15 is 0 Å². The Bertz CT molecular complexity index is 171. The maximum atomic E-state index is 11.2. The lowest BCUT2D eigenvalue weighted by Gasteiger charge is -2.14. The number of aliphatic hydroxyl groups excluding tert-OH is 1. The van der Waals surface area contributed by atoms with E-state index in [1.54, 1.807) is 0 Å². The van der Waals surface area contributed by atoms with Gasteiger partial charge < -0.3 is 15.6 Å². The molecule has 0 amide bonds. The summed E-state index contributed by atoms with van der Waals surface area (Å²) in [5, 5.41) is 9.15. The van der Waals surface area contributed by atoms with Crippen LogP contribution in [0.4, 0.5) is 0 Å². The quantitative estimate of drug-likeness (QED) is 0.622. The van der Waals surface area contributed by atoms with Gasteiger partial charge in [0.1, 0.15) is 12.6 Å². The van der Waals surface area contributed by atoms with Crippen molar-refractivity contribution in [3.63, 3.8) is 0 Å². The van der Waals surface area contributed by atoms with E-state index in [4.69, 9.17) is 15.6 Å². The molecule has 0 aliphatic heterocycles. The standard InChI is InChI=1S/C10H21NO3/c1-4-8(12)6-14-10(13)9(11)5-7(2)3/h7-9,12H,4-6,11H2,1-3H3. The first-order valence-corrected chi connectivity index (χ1v) is 5.07. The lowest BCUT2D eigenvalue weighted by atomic mass is 10.1. The van der Waals surface area contributed by atoms with Crippen molar-refractivity contribution in [2.24, 2.45) is 11.7 Å². The van der Waals surface area contributed by atoms with Gasteiger partial charge in [-0.25, -0.2) is 0 Å². The second kappa shape index (κ2) is 6.79. The van der Waals surface area contributed by atoms with Crippen LogP contribution in [0.25, 0.3) is 0 Å². The van der Waals surface area contributed by atoms with Crippen molar-refractivity contribution in [2.75, 3.05) is 6.61 Å². The molecular weight excluding hydrogens is 182 g/mol. The van der Waals surface area contributed by atoms with Gasteiger partial charge in [0.05, 0.1) is 6.10 Å². The molecule has 2 atom stereocenters. The van der Waals surface area contributed by atoms with Crippen molar-refractivity contribution in [3.8, 4) is 0 Å². The van der Waals surface area contributed by atoms with E-state index in [0.717, 1.165) is 0 Å². The Hall–Kier alpha value is -0.610. The maximum absolute atomic E-state index is 11.2. The number of rotatable bonds is 6. The fourth-order valence-corrected chi connectivity index (χ4v) is 1.01. The molecule has 4 nitrogen and oxygen atoms in total. The molecule has 0 radical (unpaired) electrons. The van der Waals surface area contributed by atoms with Gasteiger partial charge in [-0.15, -0.1) is 0 Å². The van der Waals surface area contributed by atoms with Crippen molar-refractivity contribution >= 4 is 5.97 Å². The van der Waals surface area contributed by atoms with Crippen LogP contribution < -0.4 is 5.73 Å². The fraction of sp³-hybridized carbons (Fsp3) is 0.900. The second-order valence-corrected chi connectivity index (χ2v) is 3.93. The van der Waals surface area contributed by atoms with Crippen LogP contribution in [-0.2, 0) is 9.53 Å². The average molecular weight is 203 g/mol. The molecule has 0 rings (SSSR count). The van der Waals surface area contributed by atoms with Crippen LogP contribution >= 0.6 is 0 Å². The van der Waals surface area contributed by atoms with E-state index in [1.165, 1.54) is 0 Å². The smallest absolute Gasteiger partial charge is 0.323 e. The zero-order valence-electron chi connectivity index (χ0n) is 9.19. The molecule has 14 heavy (non-hydrogen) atoms. The second-order valence-electron chi connectivity index (χ2n) is 3.93. The summed E-state index contributed by atoms with van der Waals surface area (Å²) in [5.74, 6) is -0.0557. The van der Waals surface area contributed by atoms with Gasteiger partial charge in [0.15, 0.2) is 0 Å². The first-order chi connectivity index (χ1) is 6.47. The van der Waals surface area contributed by atoms with Crippen molar-refractivity contribution in [1.82, 2.24) is 0 Å². The molecule has 0 spiro atoms. The lowest BCUT2D eigenvalue weighted by molar-refractivity contribution is -0.148. The zero-order valence-corrected chi connectivity index (χ0v) is 9.19. The number of carbonyl (C=O) groups excluding carboxylic acids is 1. The third-order valence-electron chi connectivity index (χ3n) is 1.92. The minimum absolute atomic E-state index is 0.0428. The summed E-state index contributed by atoms with van der Waals surface area (Å²) in [6, 6.07) is -0.570. The topological polar surface area (TPSA) is 72.5 Å². The molecule has 0 aromatic heterocycles. The number of hydrogen-bond donors (Lipinski definition) is 2. The highest BCUT2D eigenvalue weighted by atomic mass is 16.5. The Morgan fingerprint density at radius 3 is 2.50 bits per heavy atom. The number of aliphatic hydroxyl groups is 1. The van der Waals surface area contributed by atoms with Gasteiger partial charge in [0.2, 0.25) is 0 Å². The molecule has 0 saturated carbocycles. The predicted octanol–water partition coefficient (Wildman–Crippen LogP) is 0.674. The molecule has 84 valence electrons. The fourth-order valence-electron chi connectivity index (χ4n) is 1.01. The third kappa shape index (κ3) is 5.94. The first-order valence-electron chi connectivity index (χ1n) is 5.07. The monoisotopic (exact) mass is 203 g/mol. The summed E-state index contributed by atoms with van der Waals surface area (Å²) in [5.41, 5.74) is 5.59. The van der Waals surface area contributed by atoms with Gasteiger partial charge in [0, 0.05) is 0 Å². The maximum Gasteiger partial charge on any atom is 0.323 e. The summed E-state index contributed by atoms with van der Waals surface area (Å²) in [6.07, 6.45) is 0.610. The Morgan fingerprint density at radius 2 is 2.07 bits per heavy atom. The molecule has 0 heterocycles. The summed E-state index contributed by atoms with van der Waals surface area (Å²) in [4.78, 5) is 11.2. The molecule has 4 heteroatoms. The van der Waals surface area contributed by atoms with Gasteiger partial charge >= 0.3 is 5.97 Å². The summed E-state index contributed by atoms with van der Waals surface area (Å²) >= 11 is 0. The normalized spacial score (nSPS) is 15.3. The number of ether oxygens (including phenoxy) is 1. The van der Waals surface area contributed by atoms with E-state index in [2.05, 4.69) is 0 Å². The van der Waals surface area contributed by atoms with Crippen molar-refractivity contribution < 1.29 is 14.6 Å². The largest absolute Gasteiger partial charge is 0.462 e. The predicted molar refractivity (Wildman–Crippen MR) is 54.7 cm³/mol. The first kappa shape index (κ1) is 13.4. The van der Waals surface area contributed by atoms with Crippen LogP contribution in [0.2, 0.25) is 0 Å². The van der Waals surface area contributed by atoms with Crippen molar-refractivity contribution in [2.45, 2.75) is 45.8 Å². The summed E-state index contributed by atoms with van der Waals surface area (Å²) in [6.45, 7) is 5.86. The van der Waals surface area contributed by atoms with E-state index in [0.29, 0.717) is 18.8 Å². The van der Waals surface area contributed by atoms with E-state index in [1.807, 2.05) is 20.8 Å². The third-order valence-corrected chi connectivity index (χ3v) is 1.92. The molecule has 0 aromatic rings. The van der Waals surface area contributed by atoms with Gasteiger partial charge in [-0.2, -0.15) is 0 Å². The van der Waals surface area contributed by atoms with Gasteiger partial charge in [0.25, 0.3) is 0 Å². The zero-order chi connectivity index (χ0) is 11.1. The molecule has 2 unspecified atom stereocenters. The molecule has 0 fully saturated rings. The van der Waals surface area contributed by atoms with Gasteiger partial charge in [-0.05, 0) is 18.8 Å². The van der Waals surface area contributed by atoms with E-state index in [-0.39, 0.29) is 6.61 Å². The molecule has 0 aliphatic carbocycles. The van der Waals surface area contributed by atoms with Gasteiger partial charge in [-0.3, -0.25) is 4.79 Å². The molecule has 0 bridgehead atoms. The summed E-state index contributed by atoms with van der Waals surface area (Å²) in [7, 11) is 0. The highest BCUT2D eigenvalue weighted by Gasteiger charge is 2.17. The number of hydrogen-bond acceptors (Lipinski definition) is 4. The number of carbonyl (C=O) groups is 1. The highest BCUT2D eigenvalue weighted by molar-refractivity contribution is 5.75. The Balaban J connectivity index is 3.73. The van der Waals surface area contributed by atoms with Crippen LogP contribution in [0.3, 0.4) is 0 Å². The van der Waals surface area contributed by atoms with Crippen LogP contribution in [0.15, 0.2) is 0 Å². The molecule has 0 aliphatic rings. The Labute approximate surface area is 85.4 Å². The molecular formula is C10H21NO3. The van der Waals surface area contributed by atoms with Gasteiger partial charge in [-0.1, -0.05) is 20.8 Å². The Kier molecular flexibility index (Phi) is 6.49. The highest BCUT2D eigenvalue weighted by Crippen LogP contribution is 2.04. The van der Waals surface area contributed by atoms with Crippen molar-refractivity contribution in [1.29, 1.82) is 0 Å². The van der Waals surface area contributed by atoms with Crippen molar-refractivity contribution in [3.05, 3.63) is 0 Å². The average Bonchev–Trinajstić information content (AvgIpc) is 2.12. The lowest BCUT2D eigenvalue weighted by Crippen LogP contribution is -2.35. The van der Waals surface area contributed by atoms with Crippen LogP contribution in [-0.4, -0.2) is 29.8 Å². The van der Waals surface area contributed by atoms with E-state index < -0.39 is 18.1 Å². The van der Waals surface area contributed by atoms with E-state index in [9.17, 15) is 4.79 Å². The van der Waals surface area contributed by atoms with Crippen LogP contribution in [0.5, 0.6) is 0 Å². The molecule has 0 saturated heterocycles. The number of nitrogens with two attached hydrogens (primary N) is 1. The number of esters is 1. The molecule has 0 aromatic carbocycles. The molecule has 3 N–H and O–H groups in total. The SMILES string of the molecule is CCC(O)COC(=O)C(N)CC(C)C. The van der Waals surface area contributed by atoms with Crippen LogP contribution in [0.1, 0.15) is 33.6 Å².